The zero-order chi connectivity index (χ0) is 5.11. The van der Waals surface area contributed by atoms with Crippen molar-refractivity contribution >= 4 is 12.2 Å². The lowest BCUT2D eigenvalue weighted by molar-refractivity contribution is 0.355. The Kier molecular flexibility index (Phi) is 1.04. The summed E-state index contributed by atoms with van der Waals surface area (Å²) in [6.45, 7) is -0.125. The maximum atomic E-state index is 8.26. The number of aliphatic hydroxyl groups excluding tert-OH is 1. The van der Waals surface area contributed by atoms with E-state index in [1.807, 2.05) is 0 Å². The number of aliphatic hydroxyl groups is 1. The van der Waals surface area contributed by atoms with E-state index in [9.17, 15) is 0 Å². The van der Waals surface area contributed by atoms with E-state index in [-0.39, 0.29) is 6.61 Å². The largest absolute Gasteiger partial charge is 0.388 e. The summed E-state index contributed by atoms with van der Waals surface area (Å²) in [5, 5.41) is 18.6. The van der Waals surface area contributed by atoms with Crippen LogP contribution in [0.15, 0.2) is 10.2 Å². The molecule has 0 aromatic rings. The lowest BCUT2D eigenvalue weighted by atomic mass is 10.6. The van der Waals surface area contributed by atoms with Crippen molar-refractivity contribution < 1.29 is 5.11 Å². The molecule has 0 amide bonds. The van der Waals surface area contributed by atoms with Gasteiger partial charge in [0.1, 0.15) is 12.9 Å². The summed E-state index contributed by atoms with van der Waals surface area (Å²) in [7, 11) is 0. The van der Waals surface area contributed by atoms with Crippen molar-refractivity contribution in [1.82, 2.24) is 5.32 Å². The number of hydrogen-bond acceptors (Lipinski definition) is 3. The summed E-state index contributed by atoms with van der Waals surface area (Å²) in [6.07, 6.45) is 1.30. The highest BCUT2D eigenvalue weighted by Gasteiger charge is 1.98. The zero-order valence-corrected chi connectivity index (χ0v) is 3.57. The average Bonchev–Trinajstić information content (AvgIpc) is 2.14. The predicted octanol–water partition coefficient (Wildman–Crippen LogP) is -1.06. The van der Waals surface area contributed by atoms with Crippen LogP contribution in [0.25, 0.3) is 0 Å². The number of amidine groups is 1. The van der Waals surface area contributed by atoms with Crippen LogP contribution < -0.4 is 5.32 Å². The number of rotatable bonds is 1. The molecule has 1 radical (unpaired) electrons. The van der Waals surface area contributed by atoms with Gasteiger partial charge in [0, 0.05) is 0 Å². The molecule has 1 aliphatic heterocycles. The lowest BCUT2D eigenvalue weighted by Gasteiger charge is -1.83. The maximum Gasteiger partial charge on any atom is 0.178 e. The minimum absolute atomic E-state index is 0.125. The number of hydrogen-bond donors (Lipinski definition) is 1. The molecule has 1 N–H and O–H groups in total. The van der Waals surface area contributed by atoms with Crippen molar-refractivity contribution in [3.8, 4) is 0 Å². The second-order valence-electron chi connectivity index (χ2n) is 1.03. The molecule has 0 spiro atoms. The molecule has 7 heavy (non-hydrogen) atoms. The predicted molar refractivity (Wildman–Crippen MR) is 25.1 cm³/mol. The van der Waals surface area contributed by atoms with E-state index in [4.69, 9.17) is 5.11 Å². The minimum Gasteiger partial charge on any atom is -0.388 e. The van der Waals surface area contributed by atoms with Crippen molar-refractivity contribution in [2.24, 2.45) is 10.2 Å². The summed E-state index contributed by atoms with van der Waals surface area (Å²) >= 11 is 0. The first-order chi connectivity index (χ1) is 3.43. The minimum atomic E-state index is -0.125. The van der Waals surface area contributed by atoms with Gasteiger partial charge in [0.05, 0.1) is 0 Å². The Labute approximate surface area is 40.6 Å². The molecule has 0 aliphatic carbocycles. The fraction of sp³-hybridized carbons (Fsp3) is 0.333. The molecule has 0 saturated heterocycles. The molecule has 37 valence electrons. The van der Waals surface area contributed by atoms with E-state index in [1.54, 1.807) is 0 Å². The Bertz CT molecular complexity index is 117. The van der Waals surface area contributed by atoms with E-state index in [0.29, 0.717) is 5.84 Å². The monoisotopic (exact) mass is 98.0 g/mol. The Hall–Kier alpha value is -0.900. The molecule has 1 heterocycles. The van der Waals surface area contributed by atoms with Gasteiger partial charge in [-0.25, -0.2) is 5.32 Å². The van der Waals surface area contributed by atoms with Gasteiger partial charge in [-0.05, 0) is 0 Å². The molecule has 0 saturated carbocycles. The summed E-state index contributed by atoms with van der Waals surface area (Å²) < 4.78 is 0. The van der Waals surface area contributed by atoms with Crippen LogP contribution in [0, 0.1) is 0 Å². The Morgan fingerprint density at radius 1 is 1.71 bits per heavy atom. The Morgan fingerprint density at radius 3 is 2.86 bits per heavy atom. The SMILES string of the molecule is OCC1=NN=C[N]1. The van der Waals surface area contributed by atoms with Gasteiger partial charge in [0.25, 0.3) is 0 Å². The Balaban J connectivity index is 2.45. The van der Waals surface area contributed by atoms with Crippen LogP contribution in [0.4, 0.5) is 0 Å². The maximum absolute atomic E-state index is 8.26. The molecular weight excluding hydrogens is 94.1 g/mol. The molecule has 0 bridgehead atoms. The smallest absolute Gasteiger partial charge is 0.178 e. The molecule has 1 aliphatic rings. The summed E-state index contributed by atoms with van der Waals surface area (Å²) in [4.78, 5) is 0. The first-order valence-electron chi connectivity index (χ1n) is 1.83. The van der Waals surface area contributed by atoms with Crippen LogP contribution in [-0.2, 0) is 0 Å². The van der Waals surface area contributed by atoms with Crippen molar-refractivity contribution in [1.29, 1.82) is 0 Å². The molecule has 0 fully saturated rings. The van der Waals surface area contributed by atoms with E-state index in [0.717, 1.165) is 0 Å². The van der Waals surface area contributed by atoms with Crippen LogP contribution >= 0.6 is 0 Å². The van der Waals surface area contributed by atoms with Crippen molar-refractivity contribution in [2.45, 2.75) is 0 Å². The van der Waals surface area contributed by atoms with Crippen LogP contribution in [0.2, 0.25) is 0 Å². The zero-order valence-electron chi connectivity index (χ0n) is 3.57. The van der Waals surface area contributed by atoms with Crippen molar-refractivity contribution in [3.05, 3.63) is 0 Å². The molecule has 0 aromatic heterocycles. The van der Waals surface area contributed by atoms with Crippen molar-refractivity contribution in [3.63, 3.8) is 0 Å². The quantitative estimate of drug-likeness (QED) is 0.446. The second-order valence-corrected chi connectivity index (χ2v) is 1.03. The van der Waals surface area contributed by atoms with E-state index in [2.05, 4.69) is 15.5 Å². The van der Waals surface area contributed by atoms with Gasteiger partial charge in [-0.3, -0.25) is 0 Å². The summed E-state index contributed by atoms with van der Waals surface area (Å²) in [6, 6.07) is 0. The van der Waals surface area contributed by atoms with Gasteiger partial charge in [-0.15, -0.1) is 10.2 Å². The number of nitrogens with zero attached hydrogens (tertiary/aromatic N) is 3. The molecule has 0 atom stereocenters. The summed E-state index contributed by atoms with van der Waals surface area (Å²) in [5.41, 5.74) is 0. The molecular formula is C3H4N3O. The molecule has 4 nitrogen and oxygen atoms in total. The highest BCUT2D eigenvalue weighted by Crippen LogP contribution is 1.81. The van der Waals surface area contributed by atoms with Crippen LogP contribution in [0.5, 0.6) is 0 Å². The van der Waals surface area contributed by atoms with Gasteiger partial charge >= 0.3 is 0 Å². The van der Waals surface area contributed by atoms with Gasteiger partial charge in [0.15, 0.2) is 5.84 Å². The third-order valence-corrected chi connectivity index (χ3v) is 0.573. The van der Waals surface area contributed by atoms with Crippen LogP contribution in [0.1, 0.15) is 0 Å². The van der Waals surface area contributed by atoms with Crippen LogP contribution in [0.3, 0.4) is 0 Å². The van der Waals surface area contributed by atoms with E-state index >= 15 is 0 Å². The fourth-order valence-corrected chi connectivity index (χ4v) is 0.283. The van der Waals surface area contributed by atoms with Gasteiger partial charge in [0.2, 0.25) is 0 Å². The first-order valence-corrected chi connectivity index (χ1v) is 1.83. The van der Waals surface area contributed by atoms with E-state index < -0.39 is 0 Å². The van der Waals surface area contributed by atoms with Gasteiger partial charge in [-0.1, -0.05) is 0 Å². The van der Waals surface area contributed by atoms with Gasteiger partial charge < -0.3 is 5.11 Å². The third kappa shape index (κ3) is 0.747. The average molecular weight is 98.1 g/mol. The van der Waals surface area contributed by atoms with Crippen molar-refractivity contribution in [2.75, 3.05) is 6.61 Å². The molecule has 0 unspecified atom stereocenters. The highest BCUT2D eigenvalue weighted by atomic mass is 16.3. The second kappa shape index (κ2) is 1.70. The first kappa shape index (κ1) is 4.26. The van der Waals surface area contributed by atoms with E-state index in [1.165, 1.54) is 6.34 Å². The highest BCUT2D eigenvalue weighted by molar-refractivity contribution is 5.94. The molecule has 4 heteroatoms. The topological polar surface area (TPSA) is 59.1 Å². The van der Waals surface area contributed by atoms with Crippen LogP contribution in [-0.4, -0.2) is 23.9 Å². The fourth-order valence-electron chi connectivity index (χ4n) is 0.283. The third-order valence-electron chi connectivity index (χ3n) is 0.573. The summed E-state index contributed by atoms with van der Waals surface area (Å²) in [5.74, 6) is 0.375. The normalized spacial score (nSPS) is 16.4. The Morgan fingerprint density at radius 2 is 2.57 bits per heavy atom. The molecule has 1 rings (SSSR count). The lowest BCUT2D eigenvalue weighted by Crippen LogP contribution is -2.13. The standard InChI is InChI=1S/C3H4N3O/c7-1-3-4-2-5-6-3/h2,7H,1H2. The van der Waals surface area contributed by atoms with Gasteiger partial charge in [-0.2, -0.15) is 0 Å². The molecule has 0 aromatic carbocycles.